The van der Waals surface area contributed by atoms with Gasteiger partial charge in [0, 0.05) is 23.3 Å². The van der Waals surface area contributed by atoms with Gasteiger partial charge in [-0.05, 0) is 43.3 Å². The topological polar surface area (TPSA) is 105 Å². The maximum atomic E-state index is 13.4. The van der Waals surface area contributed by atoms with Crippen LogP contribution in [0.3, 0.4) is 0 Å². The lowest BCUT2D eigenvalue weighted by atomic mass is 10.2. The average molecular weight is 498 g/mol. The second-order valence-electron chi connectivity index (χ2n) is 6.68. The number of fused-ring (bicyclic) bond motifs is 1. The second-order valence-corrected chi connectivity index (χ2v) is 7.56. The Bertz CT molecular complexity index is 1170. The average Bonchev–Trinajstić information content (AvgIpc) is 2.77. The number of ether oxygens (including phenoxy) is 1. The van der Waals surface area contributed by atoms with Crippen molar-refractivity contribution in [2.24, 2.45) is 0 Å². The van der Waals surface area contributed by atoms with Crippen molar-refractivity contribution < 1.29 is 23.1 Å². The van der Waals surface area contributed by atoms with E-state index in [2.05, 4.69) is 25.9 Å². The smallest absolute Gasteiger partial charge is 0.332 e. The SMILES string of the molecule is CCOC(=O)C(NCC(F)Cl)C(=O)Nc1ccc2ncnc(Nc3ccc(F)c(Cl)c3)c2c1. The summed E-state index contributed by atoms with van der Waals surface area (Å²) < 4.78 is 31.3. The van der Waals surface area contributed by atoms with E-state index in [0.29, 0.717) is 28.1 Å². The van der Waals surface area contributed by atoms with Gasteiger partial charge in [-0.15, -0.1) is 0 Å². The van der Waals surface area contributed by atoms with Gasteiger partial charge >= 0.3 is 5.97 Å². The van der Waals surface area contributed by atoms with E-state index < -0.39 is 35.9 Å². The van der Waals surface area contributed by atoms with Crippen LogP contribution in [0.2, 0.25) is 5.02 Å². The molecule has 0 aliphatic heterocycles. The van der Waals surface area contributed by atoms with E-state index in [4.69, 9.17) is 27.9 Å². The summed E-state index contributed by atoms with van der Waals surface area (Å²) in [6.07, 6.45) is 1.34. The van der Waals surface area contributed by atoms with Crippen molar-refractivity contribution in [3.8, 4) is 0 Å². The van der Waals surface area contributed by atoms with Gasteiger partial charge in [-0.25, -0.2) is 23.5 Å². The largest absolute Gasteiger partial charge is 0.464 e. The highest BCUT2D eigenvalue weighted by molar-refractivity contribution is 6.31. The zero-order chi connectivity index (χ0) is 24.0. The summed E-state index contributed by atoms with van der Waals surface area (Å²) in [7, 11) is 0. The highest BCUT2D eigenvalue weighted by Gasteiger charge is 2.28. The van der Waals surface area contributed by atoms with E-state index in [0.717, 1.165) is 0 Å². The summed E-state index contributed by atoms with van der Waals surface area (Å²) in [4.78, 5) is 33.2. The van der Waals surface area contributed by atoms with E-state index in [-0.39, 0.29) is 11.6 Å². The van der Waals surface area contributed by atoms with Crippen molar-refractivity contribution >= 4 is 63.2 Å². The number of aromatic nitrogens is 2. The van der Waals surface area contributed by atoms with Gasteiger partial charge in [0.05, 0.1) is 17.1 Å². The van der Waals surface area contributed by atoms with Crippen LogP contribution in [0.15, 0.2) is 42.7 Å². The number of benzene rings is 2. The number of rotatable bonds is 9. The monoisotopic (exact) mass is 497 g/mol. The first kappa shape index (κ1) is 24.6. The van der Waals surface area contributed by atoms with Crippen LogP contribution in [0.25, 0.3) is 10.9 Å². The van der Waals surface area contributed by atoms with Crippen LogP contribution < -0.4 is 16.0 Å². The summed E-state index contributed by atoms with van der Waals surface area (Å²) in [5.41, 5.74) is -0.423. The minimum atomic E-state index is -1.79. The Balaban J connectivity index is 1.85. The first-order valence-electron chi connectivity index (χ1n) is 9.74. The molecule has 3 N–H and O–H groups in total. The molecule has 1 heterocycles. The van der Waals surface area contributed by atoms with Crippen molar-refractivity contribution in [3.63, 3.8) is 0 Å². The Kier molecular flexibility index (Phi) is 8.32. The van der Waals surface area contributed by atoms with Gasteiger partial charge < -0.3 is 15.4 Å². The van der Waals surface area contributed by atoms with Crippen molar-refractivity contribution in [2.45, 2.75) is 18.6 Å². The molecule has 0 spiro atoms. The summed E-state index contributed by atoms with van der Waals surface area (Å²) in [5, 5.41) is 8.52. The first-order valence-corrected chi connectivity index (χ1v) is 10.6. The number of esters is 1. The van der Waals surface area contributed by atoms with Gasteiger partial charge in [0.1, 0.15) is 18.0 Å². The number of nitrogens with zero attached hydrogens (tertiary/aromatic N) is 2. The number of hydrogen-bond donors (Lipinski definition) is 3. The number of nitrogens with one attached hydrogen (secondary N) is 3. The van der Waals surface area contributed by atoms with Crippen LogP contribution in [-0.2, 0) is 14.3 Å². The fourth-order valence-electron chi connectivity index (χ4n) is 2.87. The molecule has 2 aromatic carbocycles. The Hall–Kier alpha value is -3.08. The molecule has 2 atom stereocenters. The standard InChI is InChI=1S/C21H19Cl2F2N5O3/c1-2-33-21(32)18(26-9-17(23)25)20(31)30-11-4-6-16-13(7-11)19(28-10-27-16)29-12-3-5-15(24)14(22)8-12/h3-8,10,17-18,26H,2,9H2,1H3,(H,30,31)(H,27,28,29). The molecule has 0 saturated carbocycles. The van der Waals surface area contributed by atoms with Crippen molar-refractivity contribution in [1.29, 1.82) is 0 Å². The molecule has 3 rings (SSSR count). The van der Waals surface area contributed by atoms with Gasteiger partial charge in [-0.1, -0.05) is 23.2 Å². The number of carbonyl (C=O) groups is 2. The van der Waals surface area contributed by atoms with Crippen molar-refractivity contribution in [3.05, 3.63) is 53.6 Å². The van der Waals surface area contributed by atoms with E-state index >= 15 is 0 Å². The molecular weight excluding hydrogens is 479 g/mol. The zero-order valence-electron chi connectivity index (χ0n) is 17.2. The molecule has 8 nitrogen and oxygen atoms in total. The lowest BCUT2D eigenvalue weighted by Gasteiger charge is -2.17. The van der Waals surface area contributed by atoms with Crippen LogP contribution in [0.4, 0.5) is 26.0 Å². The van der Waals surface area contributed by atoms with E-state index in [1.165, 1.54) is 24.5 Å². The highest BCUT2D eigenvalue weighted by Crippen LogP contribution is 2.27. The van der Waals surface area contributed by atoms with Crippen LogP contribution in [0, 0.1) is 5.82 Å². The quantitative estimate of drug-likeness (QED) is 0.231. The van der Waals surface area contributed by atoms with Gasteiger partial charge in [-0.2, -0.15) is 0 Å². The third-order valence-corrected chi connectivity index (χ3v) is 4.79. The normalized spacial score (nSPS) is 12.8. The predicted octanol–water partition coefficient (Wildman–Crippen LogP) is 4.16. The summed E-state index contributed by atoms with van der Waals surface area (Å²) in [6, 6.07) is 7.44. The Morgan fingerprint density at radius 2 is 1.91 bits per heavy atom. The number of halogens is 4. The number of carbonyl (C=O) groups excluding carboxylic acids is 2. The van der Waals surface area contributed by atoms with Gasteiger partial charge in [0.15, 0.2) is 11.7 Å². The van der Waals surface area contributed by atoms with Crippen LogP contribution in [0.5, 0.6) is 0 Å². The molecule has 174 valence electrons. The minimum Gasteiger partial charge on any atom is -0.464 e. The molecule has 0 radical (unpaired) electrons. The van der Waals surface area contributed by atoms with Gasteiger partial charge in [-0.3, -0.25) is 10.1 Å². The fraction of sp³-hybridized carbons (Fsp3) is 0.238. The minimum absolute atomic E-state index is 0.0416. The maximum Gasteiger partial charge on any atom is 0.332 e. The number of anilines is 3. The summed E-state index contributed by atoms with van der Waals surface area (Å²) in [5.74, 6) is -1.81. The van der Waals surface area contributed by atoms with Crippen LogP contribution in [-0.4, -0.2) is 46.7 Å². The van der Waals surface area contributed by atoms with Crippen molar-refractivity contribution in [1.82, 2.24) is 15.3 Å². The Morgan fingerprint density at radius 3 is 2.61 bits per heavy atom. The molecule has 1 amide bonds. The maximum absolute atomic E-state index is 13.4. The molecular formula is C21H19Cl2F2N5O3. The molecule has 0 saturated heterocycles. The van der Waals surface area contributed by atoms with E-state index in [9.17, 15) is 18.4 Å². The Labute approximate surface area is 197 Å². The molecule has 12 heteroatoms. The number of hydrogen-bond acceptors (Lipinski definition) is 7. The zero-order valence-corrected chi connectivity index (χ0v) is 18.8. The van der Waals surface area contributed by atoms with Crippen LogP contribution in [0.1, 0.15) is 6.92 Å². The lowest BCUT2D eigenvalue weighted by molar-refractivity contribution is -0.148. The highest BCUT2D eigenvalue weighted by atomic mass is 35.5. The molecule has 3 aromatic rings. The number of amides is 1. The van der Waals surface area contributed by atoms with Gasteiger partial charge in [0.2, 0.25) is 0 Å². The van der Waals surface area contributed by atoms with E-state index in [1.54, 1.807) is 25.1 Å². The summed E-state index contributed by atoms with van der Waals surface area (Å²) >= 11 is 11.1. The van der Waals surface area contributed by atoms with Gasteiger partial charge in [0.25, 0.3) is 5.91 Å². The van der Waals surface area contributed by atoms with E-state index in [1.807, 2.05) is 0 Å². The molecule has 0 bridgehead atoms. The third-order valence-electron chi connectivity index (χ3n) is 4.35. The number of alkyl halides is 2. The second kappa shape index (κ2) is 11.2. The fourth-order valence-corrected chi connectivity index (χ4v) is 3.14. The molecule has 0 aliphatic rings. The Morgan fingerprint density at radius 1 is 1.15 bits per heavy atom. The molecule has 1 aromatic heterocycles. The molecule has 2 unspecified atom stereocenters. The third kappa shape index (κ3) is 6.47. The lowest BCUT2D eigenvalue weighted by Crippen LogP contribution is -2.48. The van der Waals surface area contributed by atoms with Crippen LogP contribution >= 0.6 is 23.2 Å². The molecule has 0 fully saturated rings. The summed E-state index contributed by atoms with van der Waals surface area (Å²) in [6.45, 7) is 1.19. The molecule has 0 aliphatic carbocycles. The predicted molar refractivity (Wildman–Crippen MR) is 122 cm³/mol. The van der Waals surface area contributed by atoms with Crippen molar-refractivity contribution in [2.75, 3.05) is 23.8 Å². The first-order chi connectivity index (χ1) is 15.8. The molecule has 33 heavy (non-hydrogen) atoms.